The lowest BCUT2D eigenvalue weighted by atomic mass is 9.81. The summed E-state index contributed by atoms with van der Waals surface area (Å²) in [5, 5.41) is 29.7. The number of amides is 6. The van der Waals surface area contributed by atoms with Crippen molar-refractivity contribution in [2.24, 2.45) is 10.9 Å². The Labute approximate surface area is 469 Å². The van der Waals surface area contributed by atoms with Crippen molar-refractivity contribution in [1.29, 1.82) is 0 Å². The number of aryl methyl sites for hydroxylation is 1. The van der Waals surface area contributed by atoms with Crippen LogP contribution in [0, 0.1) is 30.5 Å². The quantitative estimate of drug-likeness (QED) is 0.0135. The van der Waals surface area contributed by atoms with E-state index < -0.39 is 73.8 Å². The topological polar surface area (TPSA) is 267 Å². The normalized spacial score (nSPS) is 16.7. The smallest absolute Gasteiger partial charge is 0.254 e. The maximum atomic E-state index is 15.6. The minimum absolute atomic E-state index is 0.0262. The van der Waals surface area contributed by atoms with Gasteiger partial charge in [-0.2, -0.15) is 5.06 Å². The van der Waals surface area contributed by atoms with Crippen LogP contribution in [0.2, 0.25) is 0 Å². The van der Waals surface area contributed by atoms with Crippen molar-refractivity contribution >= 4 is 52.6 Å². The molecule has 8 N–H and O–H groups in total. The van der Waals surface area contributed by atoms with E-state index in [1.165, 1.54) is 25.4 Å². The molecule has 2 aromatic heterocycles. The molecular formula is C60H70FN11O9. The second kappa shape index (κ2) is 26.8. The molecule has 2 aromatic carbocycles. The molecular weight excluding hydrogens is 1040 g/mol. The van der Waals surface area contributed by atoms with Gasteiger partial charge in [0.1, 0.15) is 18.6 Å². The van der Waals surface area contributed by atoms with Gasteiger partial charge in [0.15, 0.2) is 12.4 Å². The van der Waals surface area contributed by atoms with Gasteiger partial charge in [-0.25, -0.2) is 9.37 Å². The lowest BCUT2D eigenvalue weighted by molar-refractivity contribution is -0.134. The van der Waals surface area contributed by atoms with Crippen LogP contribution in [-0.4, -0.2) is 113 Å². The fourth-order valence-electron chi connectivity index (χ4n) is 10.5. The fraction of sp³-hybridized carbons (Fsp3) is 0.417. The Morgan fingerprint density at radius 3 is 2.41 bits per heavy atom. The van der Waals surface area contributed by atoms with E-state index in [0.29, 0.717) is 71.6 Å². The number of pyridine rings is 2. The third-order valence-corrected chi connectivity index (χ3v) is 14.9. The summed E-state index contributed by atoms with van der Waals surface area (Å²) in [7, 11) is 1.46. The fourth-order valence-corrected chi connectivity index (χ4v) is 10.5. The van der Waals surface area contributed by atoms with E-state index in [-0.39, 0.29) is 49.1 Å². The summed E-state index contributed by atoms with van der Waals surface area (Å²) < 4.78 is 23.2. The van der Waals surface area contributed by atoms with E-state index in [9.17, 15) is 38.8 Å². The highest BCUT2D eigenvalue weighted by Gasteiger charge is 2.37. The summed E-state index contributed by atoms with van der Waals surface area (Å²) >= 11 is 0. The number of carbonyl (C=O) groups is 6. The van der Waals surface area contributed by atoms with Crippen LogP contribution in [0.15, 0.2) is 88.8 Å². The van der Waals surface area contributed by atoms with Gasteiger partial charge in [0.2, 0.25) is 29.5 Å². The molecule has 5 unspecified atom stereocenters. The number of rotatable bonds is 25. The molecule has 81 heavy (non-hydrogen) atoms. The Morgan fingerprint density at radius 2 is 1.72 bits per heavy atom. The molecule has 2 aliphatic heterocycles. The number of unbranched alkanes of at least 4 members (excludes halogenated alkanes) is 1. The Morgan fingerprint density at radius 1 is 0.988 bits per heavy atom. The summed E-state index contributed by atoms with van der Waals surface area (Å²) in [5.74, 6) is 2.30. The Bertz CT molecular complexity index is 3320. The van der Waals surface area contributed by atoms with Crippen molar-refractivity contribution < 1.29 is 43.1 Å². The SMILES string of the molecule is C=CC(OCNC(=O)CNC(=O)C(Cc1ccccc1)NC(=O)CNC(=O)CNC(=O)CCCC#CC1=CNC(N(C)O)N=C1)C(=O)NC1CCc2c(C)c(F)cc3nc4c(c1c23)Cn1c-4cc(C(CC)C(=C)C)c(CC2CC2)c1=O. The second-order valence-electron chi connectivity index (χ2n) is 20.9. The molecule has 4 aromatic rings. The standard InChI is InChI=1S/C60H70FN11O9/c1-7-39(34(3)4)41-25-48-56-43(32-72(48)59(79)42(41)23-37-19-20-37)55-45(22-21-40-35(5)44(61)26-46(69-56)54(40)55)70-58(78)49(8-2)81-33-67-52(75)30-64-57(77)47(24-36-15-11-9-12-16-36)68-53(76)31-63-51(74)29-62-50(73)18-14-10-13-17-38-27-65-60(66-28-38)71(6)80/h8-9,11-12,15-16,25-28,37,39,45,47,49,60,65,80H,2-3,7,10,14,18-24,29-33H2,1,4-6H3,(H,62,73)(H,63,74)(H,64,77)(H,67,75)(H,68,76)(H,70,78). The third kappa shape index (κ3) is 14.5. The van der Waals surface area contributed by atoms with Gasteiger partial charge in [-0.15, -0.1) is 0 Å². The molecule has 2 aliphatic carbocycles. The zero-order valence-electron chi connectivity index (χ0n) is 46.1. The highest BCUT2D eigenvalue weighted by atomic mass is 19.1. The van der Waals surface area contributed by atoms with Crippen molar-refractivity contribution in [2.75, 3.05) is 33.4 Å². The first kappa shape index (κ1) is 58.8. The number of halogens is 1. The molecule has 6 amide bonds. The molecule has 4 aliphatic rings. The van der Waals surface area contributed by atoms with Crippen LogP contribution >= 0.6 is 0 Å². The summed E-state index contributed by atoms with van der Waals surface area (Å²) in [5.41, 5.74) is 8.51. The van der Waals surface area contributed by atoms with E-state index in [1.54, 1.807) is 48.0 Å². The van der Waals surface area contributed by atoms with Crippen LogP contribution in [0.1, 0.15) is 110 Å². The number of hydrogen-bond acceptors (Lipinski definition) is 13. The van der Waals surface area contributed by atoms with Crippen LogP contribution in [0.25, 0.3) is 22.3 Å². The summed E-state index contributed by atoms with van der Waals surface area (Å²) in [6.45, 7) is 12.3. The highest BCUT2D eigenvalue weighted by Crippen LogP contribution is 2.46. The number of benzene rings is 2. The van der Waals surface area contributed by atoms with Gasteiger partial charge in [0, 0.05) is 67.2 Å². The molecule has 4 heterocycles. The molecule has 21 heteroatoms. The van der Waals surface area contributed by atoms with Gasteiger partial charge in [0.05, 0.1) is 54.7 Å². The van der Waals surface area contributed by atoms with Crippen molar-refractivity contribution in [3.8, 4) is 23.2 Å². The second-order valence-corrected chi connectivity index (χ2v) is 20.9. The predicted octanol–water partition coefficient (Wildman–Crippen LogP) is 4.06. The molecule has 1 saturated carbocycles. The lowest BCUT2D eigenvalue weighted by Crippen LogP contribution is -2.52. The zero-order chi connectivity index (χ0) is 57.9. The molecule has 8 rings (SSSR count). The number of nitrogens with one attached hydrogen (secondary N) is 7. The molecule has 5 atom stereocenters. The highest BCUT2D eigenvalue weighted by molar-refractivity contribution is 5.95. The van der Waals surface area contributed by atoms with Crippen molar-refractivity contribution in [1.82, 2.24) is 51.8 Å². The van der Waals surface area contributed by atoms with Gasteiger partial charge >= 0.3 is 0 Å². The summed E-state index contributed by atoms with van der Waals surface area (Å²) in [6.07, 6.45) is 8.13. The lowest BCUT2D eigenvalue weighted by Gasteiger charge is -2.30. The minimum Gasteiger partial charge on any atom is -0.355 e. The molecule has 0 bridgehead atoms. The third-order valence-electron chi connectivity index (χ3n) is 14.9. The number of nitrogens with zero attached hydrogens (tertiary/aromatic N) is 4. The van der Waals surface area contributed by atoms with Gasteiger partial charge in [-0.05, 0) is 98.6 Å². The van der Waals surface area contributed by atoms with Crippen molar-refractivity contribution in [3.05, 3.63) is 134 Å². The number of hydroxylamine groups is 2. The summed E-state index contributed by atoms with van der Waals surface area (Å²) in [4.78, 5) is 102. The maximum Gasteiger partial charge on any atom is 0.254 e. The molecule has 0 spiro atoms. The molecule has 20 nitrogen and oxygen atoms in total. The summed E-state index contributed by atoms with van der Waals surface area (Å²) in [6, 6.07) is 10.6. The average molecular weight is 1110 g/mol. The zero-order valence-corrected chi connectivity index (χ0v) is 46.1. The van der Waals surface area contributed by atoms with Gasteiger partial charge < -0.3 is 51.7 Å². The van der Waals surface area contributed by atoms with E-state index in [1.807, 2.05) is 6.92 Å². The Kier molecular flexibility index (Phi) is 19.4. The largest absolute Gasteiger partial charge is 0.355 e. The maximum absolute atomic E-state index is 15.6. The van der Waals surface area contributed by atoms with Crippen LogP contribution < -0.4 is 42.8 Å². The van der Waals surface area contributed by atoms with Crippen LogP contribution in [-0.2, 0) is 59.3 Å². The van der Waals surface area contributed by atoms with E-state index in [2.05, 4.69) is 80.2 Å². The average Bonchev–Trinajstić information content (AvgIpc) is 4.36. The van der Waals surface area contributed by atoms with Gasteiger partial charge in [-0.3, -0.25) is 38.6 Å². The predicted molar refractivity (Wildman–Crippen MR) is 303 cm³/mol. The van der Waals surface area contributed by atoms with Crippen molar-refractivity contribution in [3.63, 3.8) is 0 Å². The molecule has 426 valence electrons. The van der Waals surface area contributed by atoms with Gasteiger partial charge in [0.25, 0.3) is 11.5 Å². The molecule has 0 saturated heterocycles. The van der Waals surface area contributed by atoms with E-state index >= 15 is 4.39 Å². The monoisotopic (exact) mass is 1110 g/mol. The van der Waals surface area contributed by atoms with E-state index in [0.717, 1.165) is 63.1 Å². The number of hydrogen-bond donors (Lipinski definition) is 8. The number of aliphatic imine (C=N–C) groups is 1. The van der Waals surface area contributed by atoms with E-state index in [4.69, 9.17) is 9.72 Å². The number of fused-ring (bicyclic) bond motifs is 4. The number of allylic oxidation sites excluding steroid dienone is 2. The first-order valence-corrected chi connectivity index (χ1v) is 27.4. The van der Waals surface area contributed by atoms with Crippen LogP contribution in [0.4, 0.5) is 4.39 Å². The Hall–Kier alpha value is -8.32. The number of aromatic nitrogens is 2. The minimum atomic E-state index is -1.23. The first-order valence-electron chi connectivity index (χ1n) is 27.4. The number of carbonyl (C=O) groups excluding carboxylic acids is 6. The molecule has 0 radical (unpaired) electrons. The Balaban J connectivity index is 0.833. The molecule has 1 fully saturated rings. The van der Waals surface area contributed by atoms with Crippen LogP contribution in [0.5, 0.6) is 0 Å². The van der Waals surface area contributed by atoms with Gasteiger partial charge in [-0.1, -0.05) is 73.9 Å². The van der Waals surface area contributed by atoms with Crippen molar-refractivity contribution in [2.45, 2.75) is 122 Å². The number of ether oxygens (including phenoxy) is 1. The van der Waals surface area contributed by atoms with Crippen LogP contribution in [0.3, 0.4) is 0 Å². The first-order chi connectivity index (χ1) is 38.9.